The van der Waals surface area contributed by atoms with Crippen molar-refractivity contribution in [3.63, 3.8) is 0 Å². The zero-order valence-electron chi connectivity index (χ0n) is 20.3. The van der Waals surface area contributed by atoms with Gasteiger partial charge in [-0.05, 0) is 68.5 Å². The zero-order chi connectivity index (χ0) is 24.9. The lowest BCUT2D eigenvalue weighted by atomic mass is 10.0. The van der Waals surface area contributed by atoms with Crippen LogP contribution in [-0.4, -0.2) is 70.4 Å². The number of rotatable bonds is 4. The van der Waals surface area contributed by atoms with E-state index in [9.17, 15) is 9.59 Å². The smallest absolute Gasteiger partial charge is 0.320 e. The molecule has 1 aromatic carbocycles. The van der Waals surface area contributed by atoms with Gasteiger partial charge in [0.05, 0.1) is 5.56 Å². The van der Waals surface area contributed by atoms with Gasteiger partial charge in [0, 0.05) is 62.2 Å². The summed E-state index contributed by atoms with van der Waals surface area (Å²) in [6.07, 6.45) is 4.78. The second-order valence-electron chi connectivity index (χ2n) is 9.34. The first-order chi connectivity index (χ1) is 16.9. The Hall–Kier alpha value is -3.15. The summed E-state index contributed by atoms with van der Waals surface area (Å²) < 4.78 is 0. The van der Waals surface area contributed by atoms with Crippen molar-refractivity contribution in [2.75, 3.05) is 38.0 Å². The molecule has 1 N–H and O–H groups in total. The summed E-state index contributed by atoms with van der Waals surface area (Å²) in [6.45, 7) is 8.75. The average molecular weight is 495 g/mol. The summed E-state index contributed by atoms with van der Waals surface area (Å²) in [7, 11) is 0. The van der Waals surface area contributed by atoms with E-state index < -0.39 is 0 Å². The first kappa shape index (κ1) is 25.0. The Morgan fingerprint density at radius 2 is 1.94 bits per heavy atom. The lowest BCUT2D eigenvalue weighted by molar-refractivity contribution is 0.0741. The monoisotopic (exact) mass is 494 g/mol. The fraction of sp³-hybridized carbons (Fsp3) is 0.462. The van der Waals surface area contributed by atoms with Crippen molar-refractivity contribution in [1.29, 1.82) is 5.26 Å². The Labute approximate surface area is 211 Å². The Bertz CT molecular complexity index is 1120. The standard InChI is InChI=1S/C26H31ClN6O2/c1-18-16-31(10-11-33(18)26(35)32-8-4-3-5-9-32)17-21-12-22(27)13-24(19(21)2)30-25(34)20-6-7-23(14-28)29-15-20/h6-7,12-13,15,18H,3-5,8-11,16-17H2,1-2H3,(H,30,34). The van der Waals surface area contributed by atoms with E-state index in [1.54, 1.807) is 12.1 Å². The van der Waals surface area contributed by atoms with Crippen LogP contribution in [0, 0.1) is 18.3 Å². The highest BCUT2D eigenvalue weighted by atomic mass is 35.5. The summed E-state index contributed by atoms with van der Waals surface area (Å²) in [4.78, 5) is 36.0. The van der Waals surface area contributed by atoms with Crippen molar-refractivity contribution in [2.24, 2.45) is 0 Å². The van der Waals surface area contributed by atoms with Gasteiger partial charge in [-0.3, -0.25) is 9.69 Å². The van der Waals surface area contributed by atoms with Crippen LogP contribution in [-0.2, 0) is 6.54 Å². The van der Waals surface area contributed by atoms with Gasteiger partial charge in [-0.1, -0.05) is 11.6 Å². The molecule has 0 bridgehead atoms. The minimum atomic E-state index is -0.309. The number of piperidine rings is 1. The lowest BCUT2D eigenvalue weighted by Crippen LogP contribution is -2.57. The molecule has 2 aromatic rings. The highest BCUT2D eigenvalue weighted by molar-refractivity contribution is 6.31. The Kier molecular flexibility index (Phi) is 7.89. The number of hydrogen-bond donors (Lipinski definition) is 1. The van der Waals surface area contributed by atoms with Crippen LogP contribution in [0.5, 0.6) is 0 Å². The van der Waals surface area contributed by atoms with E-state index in [1.807, 2.05) is 28.9 Å². The molecular formula is C26H31ClN6O2. The van der Waals surface area contributed by atoms with Gasteiger partial charge in [-0.2, -0.15) is 5.26 Å². The first-order valence-corrected chi connectivity index (χ1v) is 12.5. The predicted molar refractivity (Wildman–Crippen MR) is 135 cm³/mol. The maximum Gasteiger partial charge on any atom is 0.320 e. The Balaban J connectivity index is 1.41. The molecule has 2 aliphatic heterocycles. The van der Waals surface area contributed by atoms with E-state index in [0.29, 0.717) is 29.4 Å². The fourth-order valence-corrected chi connectivity index (χ4v) is 5.03. The maximum atomic E-state index is 13.0. The van der Waals surface area contributed by atoms with Crippen LogP contribution in [0.15, 0.2) is 30.5 Å². The third-order valence-corrected chi connectivity index (χ3v) is 7.06. The van der Waals surface area contributed by atoms with E-state index in [-0.39, 0.29) is 23.7 Å². The van der Waals surface area contributed by atoms with Gasteiger partial charge in [-0.15, -0.1) is 0 Å². The molecule has 2 aliphatic rings. The number of carbonyl (C=O) groups is 2. The molecular weight excluding hydrogens is 464 g/mol. The number of nitrogens with one attached hydrogen (secondary N) is 1. The van der Waals surface area contributed by atoms with E-state index >= 15 is 0 Å². The molecule has 3 amide bonds. The topological polar surface area (TPSA) is 92.6 Å². The Morgan fingerprint density at radius 3 is 2.60 bits per heavy atom. The van der Waals surface area contributed by atoms with Gasteiger partial charge in [0.25, 0.3) is 5.91 Å². The minimum Gasteiger partial charge on any atom is -0.325 e. The maximum absolute atomic E-state index is 13.0. The van der Waals surface area contributed by atoms with E-state index in [0.717, 1.165) is 50.1 Å². The lowest BCUT2D eigenvalue weighted by Gasteiger charge is -2.42. The third kappa shape index (κ3) is 5.92. The number of nitrogens with zero attached hydrogens (tertiary/aromatic N) is 5. The van der Waals surface area contributed by atoms with Crippen LogP contribution < -0.4 is 5.32 Å². The second-order valence-corrected chi connectivity index (χ2v) is 9.78. The molecule has 184 valence electrons. The number of piperazine rings is 1. The third-order valence-electron chi connectivity index (χ3n) is 6.85. The fourth-order valence-electron chi connectivity index (χ4n) is 4.79. The van der Waals surface area contributed by atoms with Crippen molar-refractivity contribution in [2.45, 2.75) is 45.7 Å². The predicted octanol–water partition coefficient (Wildman–Crippen LogP) is 4.28. The zero-order valence-corrected chi connectivity index (χ0v) is 21.0. The van der Waals surface area contributed by atoms with Crippen molar-refractivity contribution in [3.05, 3.63) is 57.9 Å². The van der Waals surface area contributed by atoms with E-state index in [1.165, 1.54) is 18.7 Å². The molecule has 8 nitrogen and oxygen atoms in total. The molecule has 0 radical (unpaired) electrons. The molecule has 1 aromatic heterocycles. The summed E-state index contributed by atoms with van der Waals surface area (Å²) >= 11 is 6.41. The number of pyridine rings is 1. The minimum absolute atomic E-state index is 0.126. The molecule has 3 heterocycles. The average Bonchev–Trinajstić information content (AvgIpc) is 2.87. The number of carbonyl (C=O) groups excluding carboxylic acids is 2. The van der Waals surface area contributed by atoms with Gasteiger partial charge in [0.2, 0.25) is 0 Å². The molecule has 4 rings (SSSR count). The van der Waals surface area contributed by atoms with Gasteiger partial charge in [-0.25, -0.2) is 9.78 Å². The SMILES string of the molecule is Cc1c(CN2CCN(C(=O)N3CCCCC3)C(C)C2)cc(Cl)cc1NC(=O)c1ccc(C#N)nc1. The number of amides is 3. The summed E-state index contributed by atoms with van der Waals surface area (Å²) in [5.41, 5.74) is 3.26. The molecule has 0 saturated carbocycles. The summed E-state index contributed by atoms with van der Waals surface area (Å²) in [6, 6.07) is 9.01. The number of aromatic nitrogens is 1. The largest absolute Gasteiger partial charge is 0.325 e. The van der Waals surface area contributed by atoms with Crippen LogP contribution >= 0.6 is 11.6 Å². The van der Waals surface area contributed by atoms with E-state index in [4.69, 9.17) is 16.9 Å². The quantitative estimate of drug-likeness (QED) is 0.684. The molecule has 9 heteroatoms. The normalized spacial score (nSPS) is 18.7. The van der Waals surface area contributed by atoms with Gasteiger partial charge < -0.3 is 15.1 Å². The van der Waals surface area contributed by atoms with Crippen LogP contribution in [0.3, 0.4) is 0 Å². The second kappa shape index (κ2) is 11.1. The van der Waals surface area contributed by atoms with Crippen LogP contribution in [0.4, 0.5) is 10.5 Å². The van der Waals surface area contributed by atoms with Gasteiger partial charge in [0.15, 0.2) is 0 Å². The van der Waals surface area contributed by atoms with E-state index in [2.05, 4.69) is 22.1 Å². The molecule has 2 fully saturated rings. The molecule has 1 atom stereocenters. The number of benzene rings is 1. The molecule has 2 saturated heterocycles. The van der Waals surface area contributed by atoms with Crippen molar-refractivity contribution in [3.8, 4) is 6.07 Å². The number of likely N-dealkylation sites (tertiary alicyclic amines) is 1. The molecule has 0 spiro atoms. The molecule has 35 heavy (non-hydrogen) atoms. The van der Waals surface area contributed by atoms with Crippen LogP contribution in [0.25, 0.3) is 0 Å². The van der Waals surface area contributed by atoms with Crippen molar-refractivity contribution in [1.82, 2.24) is 19.7 Å². The van der Waals surface area contributed by atoms with Gasteiger partial charge in [0.1, 0.15) is 11.8 Å². The van der Waals surface area contributed by atoms with Crippen molar-refractivity contribution >= 4 is 29.2 Å². The number of halogens is 1. The summed E-state index contributed by atoms with van der Waals surface area (Å²) in [5.74, 6) is -0.309. The van der Waals surface area contributed by atoms with Crippen LogP contribution in [0.2, 0.25) is 5.02 Å². The summed E-state index contributed by atoms with van der Waals surface area (Å²) in [5, 5.41) is 12.4. The number of nitriles is 1. The highest BCUT2D eigenvalue weighted by Crippen LogP contribution is 2.27. The van der Waals surface area contributed by atoms with Crippen LogP contribution in [0.1, 0.15) is 53.4 Å². The van der Waals surface area contributed by atoms with Crippen molar-refractivity contribution < 1.29 is 9.59 Å². The number of anilines is 1. The molecule has 1 unspecified atom stereocenters. The highest BCUT2D eigenvalue weighted by Gasteiger charge is 2.31. The first-order valence-electron chi connectivity index (χ1n) is 12.1. The molecule has 0 aliphatic carbocycles. The Morgan fingerprint density at radius 1 is 1.17 bits per heavy atom. The van der Waals surface area contributed by atoms with Gasteiger partial charge >= 0.3 is 6.03 Å². The number of urea groups is 1. The number of hydrogen-bond acceptors (Lipinski definition) is 5.